The first-order chi connectivity index (χ1) is 7.12. The number of rotatable bonds is 2. The first-order valence-electron chi connectivity index (χ1n) is 5.93. The van der Waals surface area contributed by atoms with Crippen LogP contribution in [0.2, 0.25) is 0 Å². The zero-order valence-electron chi connectivity index (χ0n) is 9.16. The van der Waals surface area contributed by atoms with Crippen molar-refractivity contribution in [1.82, 2.24) is 0 Å². The van der Waals surface area contributed by atoms with E-state index in [1.165, 1.54) is 13.5 Å². The third kappa shape index (κ3) is 1.02. The molecule has 0 heterocycles. The van der Waals surface area contributed by atoms with E-state index in [4.69, 9.17) is 4.74 Å². The summed E-state index contributed by atoms with van der Waals surface area (Å²) in [6.07, 6.45) is 5.92. The van der Waals surface area contributed by atoms with Crippen LogP contribution in [0.3, 0.4) is 0 Å². The van der Waals surface area contributed by atoms with Crippen molar-refractivity contribution in [1.29, 1.82) is 0 Å². The predicted molar refractivity (Wildman–Crippen MR) is 54.1 cm³/mol. The highest BCUT2D eigenvalue weighted by Gasteiger charge is 2.70. The molecule has 84 valence electrons. The van der Waals surface area contributed by atoms with E-state index in [-0.39, 0.29) is 5.97 Å². The zero-order valence-corrected chi connectivity index (χ0v) is 9.16. The van der Waals surface area contributed by atoms with Gasteiger partial charge in [-0.15, -0.1) is 0 Å². The van der Waals surface area contributed by atoms with Crippen LogP contribution in [0, 0.1) is 17.3 Å². The first-order valence-corrected chi connectivity index (χ1v) is 5.93. The summed E-state index contributed by atoms with van der Waals surface area (Å²) in [5.41, 5.74) is -1.26. The topological polar surface area (TPSA) is 46.5 Å². The fraction of sp³-hybridized carbons (Fsp3) is 0.917. The molecule has 3 fully saturated rings. The normalized spacial score (nSPS) is 45.5. The van der Waals surface area contributed by atoms with Crippen LogP contribution in [-0.2, 0) is 9.53 Å². The molecule has 0 spiro atoms. The highest BCUT2D eigenvalue weighted by atomic mass is 16.5. The Kier molecular flexibility index (Phi) is 1.77. The van der Waals surface area contributed by atoms with Crippen molar-refractivity contribution in [3.63, 3.8) is 0 Å². The Hall–Kier alpha value is -0.570. The summed E-state index contributed by atoms with van der Waals surface area (Å²) in [7, 11) is 1.43. The molecule has 3 aliphatic carbocycles. The molecule has 3 aliphatic rings. The van der Waals surface area contributed by atoms with E-state index < -0.39 is 11.0 Å². The van der Waals surface area contributed by atoms with Crippen molar-refractivity contribution >= 4 is 5.97 Å². The third-order valence-corrected chi connectivity index (χ3v) is 4.97. The summed E-state index contributed by atoms with van der Waals surface area (Å²) in [5.74, 6) is 0.823. The summed E-state index contributed by atoms with van der Waals surface area (Å²) in [5, 5.41) is 10.8. The summed E-state index contributed by atoms with van der Waals surface area (Å²) < 4.78 is 4.86. The van der Waals surface area contributed by atoms with Crippen LogP contribution in [0.1, 0.15) is 38.5 Å². The van der Waals surface area contributed by atoms with Crippen molar-refractivity contribution in [2.75, 3.05) is 7.11 Å². The molecule has 1 N–H and O–H groups in total. The lowest BCUT2D eigenvalue weighted by Gasteiger charge is -2.38. The summed E-state index contributed by atoms with van der Waals surface area (Å²) in [4.78, 5) is 11.8. The number of hydrogen-bond acceptors (Lipinski definition) is 3. The first kappa shape index (κ1) is 9.64. The summed E-state index contributed by atoms with van der Waals surface area (Å²) in [6, 6.07) is 0. The monoisotopic (exact) mass is 210 g/mol. The number of hydrogen-bond donors (Lipinski definition) is 1. The molecule has 0 amide bonds. The van der Waals surface area contributed by atoms with Gasteiger partial charge in [0, 0.05) is 0 Å². The lowest BCUT2D eigenvalue weighted by molar-refractivity contribution is -0.165. The highest BCUT2D eigenvalue weighted by molar-refractivity contribution is 5.81. The lowest BCUT2D eigenvalue weighted by atomic mass is 9.72. The molecule has 3 unspecified atom stereocenters. The molecule has 0 aliphatic heterocycles. The molecule has 3 nitrogen and oxygen atoms in total. The highest BCUT2D eigenvalue weighted by Crippen LogP contribution is 2.66. The number of fused-ring (bicyclic) bond motifs is 2. The van der Waals surface area contributed by atoms with Gasteiger partial charge in [0.1, 0.15) is 0 Å². The van der Waals surface area contributed by atoms with Crippen LogP contribution in [0.25, 0.3) is 0 Å². The smallest absolute Gasteiger partial charge is 0.314 e. The fourth-order valence-electron chi connectivity index (χ4n) is 4.02. The zero-order chi connectivity index (χ0) is 10.7. The van der Waals surface area contributed by atoms with Crippen molar-refractivity contribution < 1.29 is 14.6 Å². The summed E-state index contributed by atoms with van der Waals surface area (Å²) in [6.45, 7) is 0. The Balaban J connectivity index is 1.90. The molecular formula is C12H18O3. The van der Waals surface area contributed by atoms with Crippen molar-refractivity contribution in [2.45, 2.75) is 44.1 Å². The maximum Gasteiger partial charge on any atom is 0.314 e. The summed E-state index contributed by atoms with van der Waals surface area (Å²) >= 11 is 0. The number of ether oxygens (including phenoxy) is 1. The molecule has 0 radical (unpaired) electrons. The predicted octanol–water partition coefficient (Wildman–Crippen LogP) is 1.49. The number of carbonyl (C=O) groups excluding carboxylic acids is 1. The maximum absolute atomic E-state index is 11.8. The molecule has 0 aromatic heterocycles. The van der Waals surface area contributed by atoms with Crippen LogP contribution in [0.5, 0.6) is 0 Å². The van der Waals surface area contributed by atoms with Gasteiger partial charge in [0.2, 0.25) is 0 Å². The van der Waals surface area contributed by atoms with E-state index in [1.54, 1.807) is 0 Å². The SMILES string of the molecule is COC(=O)C1(C2(O)CC3CCC2C3)CC1. The lowest BCUT2D eigenvalue weighted by Crippen LogP contribution is -2.48. The number of aliphatic hydroxyl groups is 1. The van der Waals surface area contributed by atoms with E-state index in [9.17, 15) is 9.90 Å². The molecule has 3 saturated carbocycles. The second-order valence-corrected chi connectivity index (χ2v) is 5.58. The van der Waals surface area contributed by atoms with Gasteiger partial charge in [0.05, 0.1) is 18.1 Å². The number of carbonyl (C=O) groups is 1. The average Bonchev–Trinajstić information content (AvgIpc) is 2.84. The van der Waals surface area contributed by atoms with Crippen molar-refractivity contribution in [3.8, 4) is 0 Å². The fourth-order valence-corrected chi connectivity index (χ4v) is 4.02. The van der Waals surface area contributed by atoms with E-state index >= 15 is 0 Å². The van der Waals surface area contributed by atoms with Gasteiger partial charge >= 0.3 is 5.97 Å². The van der Waals surface area contributed by atoms with Crippen molar-refractivity contribution in [2.24, 2.45) is 17.3 Å². The van der Waals surface area contributed by atoms with Crippen LogP contribution in [0.4, 0.5) is 0 Å². The van der Waals surface area contributed by atoms with Gasteiger partial charge < -0.3 is 9.84 Å². The Morgan fingerprint density at radius 3 is 2.53 bits per heavy atom. The minimum absolute atomic E-state index is 0.183. The number of esters is 1. The van der Waals surface area contributed by atoms with Gasteiger partial charge in [-0.2, -0.15) is 0 Å². The van der Waals surface area contributed by atoms with Gasteiger partial charge in [-0.1, -0.05) is 0 Å². The van der Waals surface area contributed by atoms with Crippen LogP contribution in [-0.4, -0.2) is 23.8 Å². The van der Waals surface area contributed by atoms with Gasteiger partial charge in [0.25, 0.3) is 0 Å². The molecule has 15 heavy (non-hydrogen) atoms. The Morgan fingerprint density at radius 2 is 2.13 bits per heavy atom. The molecule has 3 heteroatoms. The van der Waals surface area contributed by atoms with E-state index in [2.05, 4.69) is 0 Å². The molecule has 0 aromatic rings. The van der Waals surface area contributed by atoms with Crippen LogP contribution in [0.15, 0.2) is 0 Å². The van der Waals surface area contributed by atoms with E-state index in [0.29, 0.717) is 11.8 Å². The van der Waals surface area contributed by atoms with Crippen LogP contribution < -0.4 is 0 Å². The second-order valence-electron chi connectivity index (χ2n) is 5.58. The van der Waals surface area contributed by atoms with Gasteiger partial charge in [-0.3, -0.25) is 4.79 Å². The molecular weight excluding hydrogens is 192 g/mol. The minimum Gasteiger partial charge on any atom is -0.469 e. The standard InChI is InChI=1S/C12H18O3/c1-15-10(13)11(4-5-11)12(14)7-8-2-3-9(12)6-8/h8-9,14H,2-7H2,1H3. The molecule has 3 atom stereocenters. The second kappa shape index (κ2) is 2.76. The Labute approximate surface area is 89.8 Å². The largest absolute Gasteiger partial charge is 0.469 e. The minimum atomic E-state index is -0.733. The van der Waals surface area contributed by atoms with Crippen LogP contribution >= 0.6 is 0 Å². The maximum atomic E-state index is 11.8. The molecule has 0 aromatic carbocycles. The third-order valence-electron chi connectivity index (χ3n) is 4.97. The van der Waals surface area contributed by atoms with Gasteiger partial charge in [-0.25, -0.2) is 0 Å². The van der Waals surface area contributed by atoms with Gasteiger partial charge in [0.15, 0.2) is 0 Å². The van der Waals surface area contributed by atoms with E-state index in [1.807, 2.05) is 0 Å². The molecule has 0 saturated heterocycles. The Morgan fingerprint density at radius 1 is 1.40 bits per heavy atom. The van der Waals surface area contributed by atoms with Crippen molar-refractivity contribution in [3.05, 3.63) is 0 Å². The van der Waals surface area contributed by atoms with E-state index in [0.717, 1.165) is 32.1 Å². The van der Waals surface area contributed by atoms with Gasteiger partial charge in [-0.05, 0) is 50.4 Å². The molecule has 2 bridgehead atoms. The Bertz CT molecular complexity index is 308. The average molecular weight is 210 g/mol. The molecule has 3 rings (SSSR count). The number of methoxy groups -OCH3 is 1. The quantitative estimate of drug-likeness (QED) is 0.702.